The molecule has 0 saturated heterocycles. The highest BCUT2D eigenvalue weighted by molar-refractivity contribution is 6.07. The van der Waals surface area contributed by atoms with Crippen LogP contribution in [0.5, 0.6) is 0 Å². The van der Waals surface area contributed by atoms with Crippen molar-refractivity contribution < 1.29 is 5.11 Å². The summed E-state index contributed by atoms with van der Waals surface area (Å²) in [5, 5.41) is 30.4. The summed E-state index contributed by atoms with van der Waals surface area (Å²) in [6.45, 7) is 0.764. The molecule has 3 rings (SSSR count). The zero-order chi connectivity index (χ0) is 18.4. The van der Waals surface area contributed by atoms with E-state index in [1.165, 1.54) is 6.20 Å². The van der Waals surface area contributed by atoms with Crippen LogP contribution in [-0.4, -0.2) is 49.6 Å². The molecule has 26 heavy (non-hydrogen) atoms. The third kappa shape index (κ3) is 3.75. The lowest BCUT2D eigenvalue weighted by Crippen LogP contribution is -2.13. The van der Waals surface area contributed by atoms with Crippen LogP contribution in [0.3, 0.4) is 0 Å². The van der Waals surface area contributed by atoms with Gasteiger partial charge in [0, 0.05) is 36.1 Å². The first-order valence-corrected chi connectivity index (χ1v) is 7.92. The Morgan fingerprint density at radius 2 is 2.27 bits per heavy atom. The molecule has 0 radical (unpaired) electrons. The number of aliphatic hydroxyl groups excluding tert-OH is 1. The maximum atomic E-state index is 8.82. The Bertz CT molecular complexity index is 934. The summed E-state index contributed by atoms with van der Waals surface area (Å²) in [7, 11) is 0. The van der Waals surface area contributed by atoms with E-state index in [-0.39, 0.29) is 12.4 Å². The number of aliphatic hydroxyl groups is 1. The van der Waals surface area contributed by atoms with Crippen molar-refractivity contribution in [2.24, 2.45) is 0 Å². The molecule has 0 aliphatic carbocycles. The Balaban J connectivity index is 1.79. The van der Waals surface area contributed by atoms with Gasteiger partial charge in [-0.3, -0.25) is 5.10 Å². The van der Waals surface area contributed by atoms with Crippen molar-refractivity contribution in [2.75, 3.05) is 24.2 Å². The molecule has 0 atom stereocenters. The molecule has 0 amide bonds. The lowest BCUT2D eigenvalue weighted by atomic mass is 10.2. The molecule has 7 N–H and O–H groups in total. The van der Waals surface area contributed by atoms with Gasteiger partial charge < -0.3 is 26.9 Å². The van der Waals surface area contributed by atoms with Crippen molar-refractivity contribution in [2.45, 2.75) is 6.54 Å². The highest BCUT2D eigenvalue weighted by atomic mass is 16.3. The molecule has 3 aromatic rings. The third-order valence-electron chi connectivity index (χ3n) is 3.60. The van der Waals surface area contributed by atoms with Gasteiger partial charge in [-0.05, 0) is 12.1 Å². The van der Waals surface area contributed by atoms with E-state index in [0.29, 0.717) is 35.8 Å². The van der Waals surface area contributed by atoms with Gasteiger partial charge in [0.1, 0.15) is 0 Å². The number of nitrogens with two attached hydrogens (primary N) is 1. The number of aromatic nitrogens is 5. The van der Waals surface area contributed by atoms with E-state index in [1.807, 2.05) is 12.1 Å². The number of allylic oxidation sites excluding steroid dienone is 1. The van der Waals surface area contributed by atoms with Gasteiger partial charge in [0.2, 0.25) is 0 Å². The SMILES string of the molecule is N=C/C(=C\NCCO)c1cnc(N)c(NCc2n[nH]c3ncccc23)n1. The minimum atomic E-state index is -0.00548. The van der Waals surface area contributed by atoms with Crippen LogP contribution >= 0.6 is 0 Å². The number of anilines is 2. The fourth-order valence-corrected chi connectivity index (χ4v) is 2.31. The highest BCUT2D eigenvalue weighted by Crippen LogP contribution is 2.19. The first-order chi connectivity index (χ1) is 12.7. The second-order valence-electron chi connectivity index (χ2n) is 5.33. The lowest BCUT2D eigenvalue weighted by Gasteiger charge is -2.09. The van der Waals surface area contributed by atoms with Crippen LogP contribution in [0.4, 0.5) is 11.6 Å². The van der Waals surface area contributed by atoms with E-state index in [4.69, 9.17) is 16.2 Å². The fourth-order valence-electron chi connectivity index (χ4n) is 2.31. The Morgan fingerprint density at radius 3 is 3.08 bits per heavy atom. The minimum Gasteiger partial charge on any atom is -0.395 e. The molecular weight excluding hydrogens is 334 g/mol. The van der Waals surface area contributed by atoms with Crippen molar-refractivity contribution >= 4 is 34.5 Å². The van der Waals surface area contributed by atoms with E-state index in [1.54, 1.807) is 12.4 Å². The number of aromatic amines is 1. The van der Waals surface area contributed by atoms with E-state index in [2.05, 4.69) is 35.8 Å². The Labute approximate surface area is 149 Å². The van der Waals surface area contributed by atoms with E-state index in [9.17, 15) is 0 Å². The molecule has 0 aromatic carbocycles. The van der Waals surface area contributed by atoms with Crippen molar-refractivity contribution in [3.63, 3.8) is 0 Å². The molecule has 10 heteroatoms. The quantitative estimate of drug-likeness (QED) is 0.252. The van der Waals surface area contributed by atoms with Crippen LogP contribution in [0.1, 0.15) is 11.4 Å². The predicted molar refractivity (Wildman–Crippen MR) is 99.5 cm³/mol. The summed E-state index contributed by atoms with van der Waals surface area (Å²) in [5.74, 6) is 0.650. The number of pyridine rings is 1. The number of fused-ring (bicyclic) bond motifs is 1. The summed E-state index contributed by atoms with van der Waals surface area (Å²) >= 11 is 0. The molecule has 0 aliphatic heterocycles. The topological polar surface area (TPSA) is 162 Å². The van der Waals surface area contributed by atoms with Crippen LogP contribution in [-0.2, 0) is 6.54 Å². The fraction of sp³-hybridized carbons (Fsp3) is 0.188. The van der Waals surface area contributed by atoms with Crippen molar-refractivity contribution in [1.82, 2.24) is 30.5 Å². The molecule has 0 saturated carbocycles. The summed E-state index contributed by atoms with van der Waals surface area (Å²) in [5.41, 5.74) is 8.40. The van der Waals surface area contributed by atoms with Gasteiger partial charge in [0.25, 0.3) is 0 Å². The summed E-state index contributed by atoms with van der Waals surface area (Å²) in [6.07, 6.45) is 5.94. The van der Waals surface area contributed by atoms with Gasteiger partial charge in [-0.25, -0.2) is 15.0 Å². The molecule has 3 heterocycles. The monoisotopic (exact) mass is 353 g/mol. The van der Waals surface area contributed by atoms with Gasteiger partial charge in [-0.15, -0.1) is 0 Å². The molecule has 0 aliphatic rings. The van der Waals surface area contributed by atoms with E-state index in [0.717, 1.165) is 17.3 Å². The van der Waals surface area contributed by atoms with Crippen LogP contribution in [0, 0.1) is 5.41 Å². The van der Waals surface area contributed by atoms with Crippen molar-refractivity contribution in [3.8, 4) is 0 Å². The molecule has 0 unspecified atom stereocenters. The van der Waals surface area contributed by atoms with Crippen molar-refractivity contribution in [3.05, 3.63) is 42.1 Å². The molecule has 0 fully saturated rings. The zero-order valence-corrected chi connectivity index (χ0v) is 13.9. The Kier molecular flexibility index (Phi) is 5.34. The number of nitrogens with one attached hydrogen (secondary N) is 4. The molecule has 134 valence electrons. The molecular formula is C16H19N9O. The second-order valence-corrected chi connectivity index (χ2v) is 5.33. The molecule has 0 bridgehead atoms. The molecule has 0 spiro atoms. The normalized spacial score (nSPS) is 11.5. The minimum absolute atomic E-state index is 0.00548. The largest absolute Gasteiger partial charge is 0.395 e. The predicted octanol–water partition coefficient (Wildman–Crippen LogP) is 0.515. The van der Waals surface area contributed by atoms with Crippen LogP contribution in [0.25, 0.3) is 16.6 Å². The highest BCUT2D eigenvalue weighted by Gasteiger charge is 2.10. The average Bonchev–Trinajstić information content (AvgIpc) is 3.08. The van der Waals surface area contributed by atoms with E-state index >= 15 is 0 Å². The first-order valence-electron chi connectivity index (χ1n) is 7.92. The number of rotatable bonds is 8. The van der Waals surface area contributed by atoms with E-state index < -0.39 is 0 Å². The number of hydrogen-bond acceptors (Lipinski definition) is 9. The molecule has 3 aromatic heterocycles. The standard InChI is InChI=1S/C16H19N9O/c17-6-10(7-19-4-5-26)12-8-21-14(18)16(23-12)22-9-13-11-2-1-3-20-15(11)25-24-13/h1-3,6-8,17,19,26H,4-5,9H2,(H2,18,21)(H,22,23)(H,20,24,25)/b10-7+,17-6?. The number of H-pyrrole nitrogens is 1. The maximum Gasteiger partial charge on any atom is 0.169 e. The summed E-state index contributed by atoms with van der Waals surface area (Å²) < 4.78 is 0. The second kappa shape index (κ2) is 8.03. The number of hydrogen-bond donors (Lipinski definition) is 6. The maximum absolute atomic E-state index is 8.82. The van der Waals surface area contributed by atoms with Gasteiger partial charge in [0.05, 0.1) is 30.7 Å². The Morgan fingerprint density at radius 1 is 1.38 bits per heavy atom. The van der Waals surface area contributed by atoms with Gasteiger partial charge >= 0.3 is 0 Å². The van der Waals surface area contributed by atoms with Gasteiger partial charge in [-0.1, -0.05) is 0 Å². The number of nitrogens with zero attached hydrogens (tertiary/aromatic N) is 4. The third-order valence-corrected chi connectivity index (χ3v) is 3.60. The lowest BCUT2D eigenvalue weighted by molar-refractivity contribution is 0.298. The van der Waals surface area contributed by atoms with Gasteiger partial charge in [-0.2, -0.15) is 5.10 Å². The Hall–Kier alpha value is -3.53. The smallest absolute Gasteiger partial charge is 0.169 e. The van der Waals surface area contributed by atoms with Crippen LogP contribution in [0.2, 0.25) is 0 Å². The van der Waals surface area contributed by atoms with Crippen LogP contribution < -0.4 is 16.4 Å². The average molecular weight is 353 g/mol. The summed E-state index contributed by atoms with van der Waals surface area (Å²) in [4.78, 5) is 12.8. The van der Waals surface area contributed by atoms with Crippen molar-refractivity contribution in [1.29, 1.82) is 5.41 Å². The molecule has 10 nitrogen and oxygen atoms in total. The van der Waals surface area contributed by atoms with Gasteiger partial charge in [0.15, 0.2) is 17.3 Å². The zero-order valence-electron chi connectivity index (χ0n) is 13.9. The summed E-state index contributed by atoms with van der Waals surface area (Å²) in [6, 6.07) is 3.77. The van der Waals surface area contributed by atoms with Crippen LogP contribution in [0.15, 0.2) is 30.7 Å². The number of nitrogen functional groups attached to an aromatic ring is 1. The first kappa shape index (κ1) is 17.3.